The molecule has 9 heteroatoms. The average molecular weight is 516 g/mol. The number of ether oxygens (including phenoxy) is 2. The molecule has 0 bridgehead atoms. The predicted octanol–water partition coefficient (Wildman–Crippen LogP) is 5.07. The Kier molecular flexibility index (Phi) is 5.86. The summed E-state index contributed by atoms with van der Waals surface area (Å²) in [7, 11) is 1.59. The molecule has 2 aromatic carbocycles. The molecule has 194 valence electrons. The van der Waals surface area contributed by atoms with E-state index in [0.717, 1.165) is 48.4 Å². The Balaban J connectivity index is 1.26. The quantitative estimate of drug-likeness (QED) is 0.337. The van der Waals surface area contributed by atoms with Crippen LogP contribution in [0.4, 0.5) is 10.1 Å². The SMILES string of the molecule is COc1ccc(N2Cc3ccc(C(C)N4C(=O)c5cnc(F)cc5C4=O)cc3C2=O)cc1OC1CCCC1. The number of fused-ring (bicyclic) bond motifs is 2. The van der Waals surface area contributed by atoms with Gasteiger partial charge >= 0.3 is 0 Å². The molecular weight excluding hydrogens is 489 g/mol. The van der Waals surface area contributed by atoms with Gasteiger partial charge in [0.05, 0.1) is 36.9 Å². The number of nitrogens with zero attached hydrogens (tertiary/aromatic N) is 3. The summed E-state index contributed by atoms with van der Waals surface area (Å²) in [6.07, 6.45) is 5.51. The summed E-state index contributed by atoms with van der Waals surface area (Å²) in [6.45, 7) is 2.09. The maximum atomic E-state index is 13.6. The van der Waals surface area contributed by atoms with Gasteiger partial charge in [0.1, 0.15) is 0 Å². The molecule has 6 rings (SSSR count). The Labute approximate surface area is 219 Å². The first-order valence-electron chi connectivity index (χ1n) is 12.7. The van der Waals surface area contributed by atoms with E-state index in [1.165, 1.54) is 0 Å². The van der Waals surface area contributed by atoms with Gasteiger partial charge in [-0.3, -0.25) is 19.3 Å². The second-order valence-corrected chi connectivity index (χ2v) is 9.88. The number of carbonyl (C=O) groups excluding carboxylic acids is 3. The van der Waals surface area contributed by atoms with Crippen LogP contribution in [0.1, 0.15) is 80.8 Å². The third-order valence-electron chi connectivity index (χ3n) is 7.63. The highest BCUT2D eigenvalue weighted by molar-refractivity contribution is 6.21. The van der Waals surface area contributed by atoms with Crippen molar-refractivity contribution >= 4 is 23.4 Å². The van der Waals surface area contributed by atoms with E-state index in [-0.39, 0.29) is 23.1 Å². The molecule has 1 saturated carbocycles. The van der Waals surface area contributed by atoms with Crippen molar-refractivity contribution in [3.8, 4) is 11.5 Å². The lowest BCUT2D eigenvalue weighted by atomic mass is 10.0. The molecule has 3 heterocycles. The molecule has 1 fully saturated rings. The predicted molar refractivity (Wildman–Crippen MR) is 136 cm³/mol. The zero-order chi connectivity index (χ0) is 26.6. The standard InChI is InChI=1S/C29H26FN3O5/c1-16(33-28(35)22-13-26(30)31-14-23(22)29(33)36)17-7-8-18-15-32(27(34)21(18)11-17)19-9-10-24(37-2)25(12-19)38-20-5-3-4-6-20/h7-14,16,20H,3-6,15H2,1-2H3. The van der Waals surface area contributed by atoms with Crippen LogP contribution in [-0.4, -0.2) is 40.8 Å². The summed E-state index contributed by atoms with van der Waals surface area (Å²) < 4.78 is 25.3. The first-order chi connectivity index (χ1) is 18.4. The number of aromatic nitrogens is 1. The van der Waals surface area contributed by atoms with E-state index in [0.29, 0.717) is 34.9 Å². The van der Waals surface area contributed by atoms with Crippen LogP contribution in [0.15, 0.2) is 48.7 Å². The van der Waals surface area contributed by atoms with Crippen molar-refractivity contribution in [2.75, 3.05) is 12.0 Å². The fraction of sp³-hybridized carbons (Fsp3) is 0.310. The van der Waals surface area contributed by atoms with Crippen LogP contribution in [0.5, 0.6) is 11.5 Å². The molecule has 3 amide bonds. The Morgan fingerprint density at radius 1 is 0.921 bits per heavy atom. The van der Waals surface area contributed by atoms with Gasteiger partial charge in [-0.25, -0.2) is 4.98 Å². The van der Waals surface area contributed by atoms with Crippen LogP contribution >= 0.6 is 0 Å². The molecule has 2 aliphatic heterocycles. The largest absolute Gasteiger partial charge is 0.493 e. The molecular formula is C29H26FN3O5. The van der Waals surface area contributed by atoms with Gasteiger partial charge in [-0.15, -0.1) is 0 Å². The van der Waals surface area contributed by atoms with Crippen molar-refractivity contribution in [3.05, 3.63) is 82.4 Å². The normalized spacial score (nSPS) is 17.7. The number of hydrogen-bond acceptors (Lipinski definition) is 6. The molecule has 0 N–H and O–H groups in total. The van der Waals surface area contributed by atoms with Gasteiger partial charge in [0.25, 0.3) is 17.7 Å². The number of halogens is 1. The molecule has 1 aromatic heterocycles. The van der Waals surface area contributed by atoms with E-state index in [1.54, 1.807) is 25.0 Å². The fourth-order valence-corrected chi connectivity index (χ4v) is 5.53. The number of benzene rings is 2. The number of rotatable bonds is 6. The first kappa shape index (κ1) is 24.1. The maximum absolute atomic E-state index is 13.6. The van der Waals surface area contributed by atoms with Crippen molar-refractivity contribution in [1.82, 2.24) is 9.88 Å². The maximum Gasteiger partial charge on any atom is 0.263 e. The third-order valence-corrected chi connectivity index (χ3v) is 7.63. The van der Waals surface area contributed by atoms with Crippen molar-refractivity contribution in [3.63, 3.8) is 0 Å². The molecule has 3 aromatic rings. The Bertz CT molecular complexity index is 1480. The van der Waals surface area contributed by atoms with Gasteiger partial charge in [0.2, 0.25) is 5.95 Å². The zero-order valence-corrected chi connectivity index (χ0v) is 21.1. The van der Waals surface area contributed by atoms with Crippen molar-refractivity contribution in [1.29, 1.82) is 0 Å². The van der Waals surface area contributed by atoms with Crippen LogP contribution in [0.3, 0.4) is 0 Å². The number of hydrogen-bond donors (Lipinski definition) is 0. The topological polar surface area (TPSA) is 89.0 Å². The summed E-state index contributed by atoms with van der Waals surface area (Å²) in [6, 6.07) is 11.2. The number of methoxy groups -OCH3 is 1. The summed E-state index contributed by atoms with van der Waals surface area (Å²) in [4.78, 5) is 45.6. The van der Waals surface area contributed by atoms with Crippen LogP contribution in [0.25, 0.3) is 0 Å². The summed E-state index contributed by atoms with van der Waals surface area (Å²) in [5.41, 5.74) is 2.74. The van der Waals surface area contributed by atoms with E-state index in [1.807, 2.05) is 30.3 Å². The molecule has 0 spiro atoms. The highest BCUT2D eigenvalue weighted by Crippen LogP contribution is 2.39. The number of carbonyl (C=O) groups is 3. The lowest BCUT2D eigenvalue weighted by molar-refractivity contribution is 0.0595. The Morgan fingerprint density at radius 3 is 2.45 bits per heavy atom. The summed E-state index contributed by atoms with van der Waals surface area (Å²) >= 11 is 0. The summed E-state index contributed by atoms with van der Waals surface area (Å²) in [5.74, 6) is -0.882. The van der Waals surface area contributed by atoms with Crippen LogP contribution < -0.4 is 14.4 Å². The monoisotopic (exact) mass is 515 g/mol. The number of amides is 3. The molecule has 1 aliphatic carbocycles. The minimum absolute atomic E-state index is 0.00658. The number of imide groups is 1. The van der Waals surface area contributed by atoms with E-state index in [9.17, 15) is 18.8 Å². The Morgan fingerprint density at radius 2 is 1.68 bits per heavy atom. The smallest absolute Gasteiger partial charge is 0.263 e. The zero-order valence-electron chi connectivity index (χ0n) is 21.1. The van der Waals surface area contributed by atoms with Crippen LogP contribution in [0.2, 0.25) is 0 Å². The van der Waals surface area contributed by atoms with E-state index in [4.69, 9.17) is 9.47 Å². The third kappa shape index (κ3) is 3.89. The van der Waals surface area contributed by atoms with Gasteiger partial charge in [0, 0.05) is 29.6 Å². The molecule has 0 saturated heterocycles. The minimum Gasteiger partial charge on any atom is -0.493 e. The molecule has 1 atom stereocenters. The van der Waals surface area contributed by atoms with Gasteiger partial charge in [-0.2, -0.15) is 4.39 Å². The summed E-state index contributed by atoms with van der Waals surface area (Å²) in [5, 5.41) is 0. The molecule has 8 nitrogen and oxygen atoms in total. The van der Waals surface area contributed by atoms with Gasteiger partial charge < -0.3 is 14.4 Å². The second-order valence-electron chi connectivity index (χ2n) is 9.88. The second kappa shape index (κ2) is 9.24. The lowest BCUT2D eigenvalue weighted by Gasteiger charge is -2.23. The van der Waals surface area contributed by atoms with E-state index in [2.05, 4.69) is 4.98 Å². The highest BCUT2D eigenvalue weighted by atomic mass is 19.1. The molecule has 0 radical (unpaired) electrons. The van der Waals surface area contributed by atoms with Crippen molar-refractivity contribution in [2.24, 2.45) is 0 Å². The van der Waals surface area contributed by atoms with Gasteiger partial charge in [0.15, 0.2) is 11.5 Å². The molecule has 3 aliphatic rings. The van der Waals surface area contributed by atoms with Crippen LogP contribution in [-0.2, 0) is 6.54 Å². The molecule has 38 heavy (non-hydrogen) atoms. The van der Waals surface area contributed by atoms with Crippen molar-refractivity contribution in [2.45, 2.75) is 51.3 Å². The average Bonchev–Trinajstić information content (AvgIpc) is 3.61. The molecule has 1 unspecified atom stereocenters. The van der Waals surface area contributed by atoms with Crippen LogP contribution in [0, 0.1) is 5.95 Å². The van der Waals surface area contributed by atoms with Crippen molar-refractivity contribution < 1.29 is 28.2 Å². The van der Waals surface area contributed by atoms with Gasteiger partial charge in [-0.05, 0) is 61.9 Å². The number of anilines is 1. The van der Waals surface area contributed by atoms with Gasteiger partial charge in [-0.1, -0.05) is 12.1 Å². The minimum atomic E-state index is -0.821. The fourth-order valence-electron chi connectivity index (χ4n) is 5.53. The number of pyridine rings is 1. The van der Waals surface area contributed by atoms with E-state index < -0.39 is 23.8 Å². The Hall–Kier alpha value is -4.27. The first-order valence-corrected chi connectivity index (χ1v) is 12.7. The lowest BCUT2D eigenvalue weighted by Crippen LogP contribution is -2.32. The highest BCUT2D eigenvalue weighted by Gasteiger charge is 2.40. The van der Waals surface area contributed by atoms with E-state index >= 15 is 0 Å².